The van der Waals surface area contributed by atoms with Gasteiger partial charge >= 0.3 is 0 Å². The summed E-state index contributed by atoms with van der Waals surface area (Å²) in [7, 11) is -2.06. The second-order valence-electron chi connectivity index (χ2n) is 4.67. The third-order valence-electron chi connectivity index (χ3n) is 3.35. The van der Waals surface area contributed by atoms with Crippen LogP contribution in [0.2, 0.25) is 0 Å². The zero-order valence-corrected chi connectivity index (χ0v) is 14.1. The summed E-state index contributed by atoms with van der Waals surface area (Å²) in [6, 6.07) is 7.96. The van der Waals surface area contributed by atoms with Crippen molar-refractivity contribution in [3.05, 3.63) is 52.8 Å². The molecule has 0 radical (unpaired) electrons. The first-order chi connectivity index (χ1) is 9.84. The lowest BCUT2D eigenvalue weighted by Gasteiger charge is -2.25. The van der Waals surface area contributed by atoms with Crippen molar-refractivity contribution >= 4 is 31.6 Å². The fourth-order valence-electron chi connectivity index (χ4n) is 1.94. The number of benzene rings is 1. The molecule has 0 bridgehead atoms. The number of nitrogens with zero attached hydrogens (tertiary/aromatic N) is 2. The summed E-state index contributed by atoms with van der Waals surface area (Å²) >= 11 is 3.26. The Labute approximate surface area is 133 Å². The van der Waals surface area contributed by atoms with Crippen molar-refractivity contribution < 1.29 is 8.42 Å². The molecule has 5 nitrogen and oxygen atoms in total. The molecule has 0 aliphatic rings. The first-order valence-electron chi connectivity index (χ1n) is 6.27. The molecule has 1 aromatic carbocycles. The van der Waals surface area contributed by atoms with E-state index < -0.39 is 10.0 Å². The topological polar surface area (TPSA) is 76.3 Å². The maximum Gasteiger partial charge on any atom is 0.244 e. The van der Waals surface area contributed by atoms with E-state index in [1.165, 1.54) is 10.4 Å². The van der Waals surface area contributed by atoms with Crippen LogP contribution in [0, 0.1) is 0 Å². The molecule has 112 valence electrons. The van der Waals surface area contributed by atoms with E-state index in [4.69, 9.17) is 5.73 Å². The molecular formula is C14H16BrN3O2S. The molecule has 1 unspecified atom stereocenters. The van der Waals surface area contributed by atoms with Crippen LogP contribution in [-0.4, -0.2) is 24.8 Å². The minimum absolute atomic E-state index is 0.195. The third-order valence-corrected chi connectivity index (χ3v) is 6.25. The van der Waals surface area contributed by atoms with Gasteiger partial charge in [-0.05, 0) is 58.7 Å². The van der Waals surface area contributed by atoms with Crippen molar-refractivity contribution in [2.45, 2.75) is 17.9 Å². The van der Waals surface area contributed by atoms with Gasteiger partial charge in [-0.15, -0.1) is 0 Å². The van der Waals surface area contributed by atoms with Crippen LogP contribution in [0.4, 0.5) is 5.69 Å². The van der Waals surface area contributed by atoms with Crippen LogP contribution in [0.15, 0.2) is 52.1 Å². The maximum atomic E-state index is 12.7. The van der Waals surface area contributed by atoms with Crippen LogP contribution >= 0.6 is 15.9 Å². The van der Waals surface area contributed by atoms with Crippen LogP contribution in [0.5, 0.6) is 0 Å². The molecule has 2 N–H and O–H groups in total. The highest BCUT2D eigenvalue weighted by Crippen LogP contribution is 2.30. The molecule has 0 saturated heterocycles. The van der Waals surface area contributed by atoms with Gasteiger partial charge in [0.15, 0.2) is 0 Å². The Morgan fingerprint density at radius 1 is 1.24 bits per heavy atom. The Bertz CT molecular complexity index is 735. The molecule has 2 rings (SSSR count). The Morgan fingerprint density at radius 2 is 1.86 bits per heavy atom. The lowest BCUT2D eigenvalue weighted by molar-refractivity contribution is 0.398. The molecule has 1 atom stereocenters. The summed E-state index contributed by atoms with van der Waals surface area (Å²) in [4.78, 5) is 4.14. The highest BCUT2D eigenvalue weighted by molar-refractivity contribution is 9.10. The summed E-state index contributed by atoms with van der Waals surface area (Å²) in [5, 5.41) is 0. The smallest absolute Gasteiger partial charge is 0.244 e. The van der Waals surface area contributed by atoms with Gasteiger partial charge < -0.3 is 5.73 Å². The van der Waals surface area contributed by atoms with Gasteiger partial charge in [0.25, 0.3) is 0 Å². The maximum absolute atomic E-state index is 12.7. The van der Waals surface area contributed by atoms with Crippen LogP contribution in [0.3, 0.4) is 0 Å². The Kier molecular flexibility index (Phi) is 4.65. The summed E-state index contributed by atoms with van der Waals surface area (Å²) in [5.41, 5.74) is 7.04. The number of halogens is 1. The van der Waals surface area contributed by atoms with Crippen LogP contribution < -0.4 is 5.73 Å². The zero-order valence-electron chi connectivity index (χ0n) is 11.7. The highest BCUT2D eigenvalue weighted by Gasteiger charge is 2.28. The first-order valence-corrected chi connectivity index (χ1v) is 8.50. The molecule has 1 aromatic heterocycles. The largest absolute Gasteiger partial charge is 0.399 e. The van der Waals surface area contributed by atoms with E-state index in [0.29, 0.717) is 10.2 Å². The molecule has 0 amide bonds. The van der Waals surface area contributed by atoms with E-state index in [2.05, 4.69) is 20.9 Å². The van der Waals surface area contributed by atoms with Gasteiger partial charge in [0.05, 0.1) is 4.90 Å². The molecule has 2 aromatic rings. The lowest BCUT2D eigenvalue weighted by atomic mass is 10.1. The van der Waals surface area contributed by atoms with E-state index >= 15 is 0 Å². The second-order valence-corrected chi connectivity index (χ2v) is 7.49. The fourth-order valence-corrected chi connectivity index (χ4v) is 4.35. The molecule has 0 aliphatic carbocycles. The van der Waals surface area contributed by atoms with Crippen LogP contribution in [0.25, 0.3) is 0 Å². The van der Waals surface area contributed by atoms with Crippen molar-refractivity contribution in [3.63, 3.8) is 0 Å². The van der Waals surface area contributed by atoms with Gasteiger partial charge in [-0.3, -0.25) is 4.98 Å². The molecular weight excluding hydrogens is 354 g/mol. The Balaban J connectivity index is 2.39. The average molecular weight is 370 g/mol. The van der Waals surface area contributed by atoms with Gasteiger partial charge in [0.2, 0.25) is 10.0 Å². The Hall–Kier alpha value is -1.44. The van der Waals surface area contributed by atoms with Crippen LogP contribution in [0.1, 0.15) is 18.5 Å². The quantitative estimate of drug-likeness (QED) is 0.840. The number of nitrogens with two attached hydrogens (primary N) is 1. The second kappa shape index (κ2) is 6.13. The standard InChI is InChI=1S/C14H16BrN3O2S/c1-10(11-5-7-17-8-6-11)18(2)21(19,20)14-4-3-12(16)9-13(14)15/h3-10H,16H2,1-2H3. The molecule has 7 heteroatoms. The van der Waals surface area contributed by atoms with Gasteiger partial charge in [0.1, 0.15) is 0 Å². The van der Waals surface area contributed by atoms with Crippen LogP contribution in [-0.2, 0) is 10.0 Å². The lowest BCUT2D eigenvalue weighted by Crippen LogP contribution is -2.30. The molecule has 21 heavy (non-hydrogen) atoms. The van der Waals surface area contributed by atoms with Gasteiger partial charge in [0, 0.05) is 35.6 Å². The number of rotatable bonds is 4. The molecule has 0 fully saturated rings. The Morgan fingerprint density at radius 3 is 2.43 bits per heavy atom. The number of hydrogen-bond acceptors (Lipinski definition) is 4. The summed E-state index contributed by atoms with van der Waals surface area (Å²) in [6.45, 7) is 1.83. The van der Waals surface area contributed by atoms with Crippen molar-refractivity contribution in [1.82, 2.24) is 9.29 Å². The molecule has 1 heterocycles. The van der Waals surface area contributed by atoms with E-state index in [-0.39, 0.29) is 10.9 Å². The van der Waals surface area contributed by atoms with E-state index in [0.717, 1.165) is 5.56 Å². The van der Waals surface area contributed by atoms with E-state index in [9.17, 15) is 8.42 Å². The first kappa shape index (κ1) is 15.9. The number of aromatic nitrogens is 1. The average Bonchev–Trinajstić information content (AvgIpc) is 2.46. The number of anilines is 1. The predicted octanol–water partition coefficient (Wildman–Crippen LogP) is 2.81. The van der Waals surface area contributed by atoms with E-state index in [1.54, 1.807) is 43.7 Å². The zero-order chi connectivity index (χ0) is 15.6. The van der Waals surface area contributed by atoms with Gasteiger partial charge in [-0.2, -0.15) is 4.31 Å². The minimum Gasteiger partial charge on any atom is -0.399 e. The van der Waals surface area contributed by atoms with Gasteiger partial charge in [-0.25, -0.2) is 8.42 Å². The monoisotopic (exact) mass is 369 g/mol. The van der Waals surface area contributed by atoms with Gasteiger partial charge in [-0.1, -0.05) is 0 Å². The predicted molar refractivity (Wildman–Crippen MR) is 86.2 cm³/mol. The molecule has 0 saturated carbocycles. The normalized spacial score (nSPS) is 13.3. The third kappa shape index (κ3) is 3.25. The number of pyridine rings is 1. The molecule has 0 spiro atoms. The summed E-state index contributed by atoms with van der Waals surface area (Å²) in [5.74, 6) is 0. The summed E-state index contributed by atoms with van der Waals surface area (Å²) < 4.78 is 27.2. The molecule has 0 aliphatic heterocycles. The van der Waals surface area contributed by atoms with Crippen molar-refractivity contribution in [3.8, 4) is 0 Å². The minimum atomic E-state index is -3.62. The van der Waals surface area contributed by atoms with E-state index in [1.807, 2.05) is 6.92 Å². The number of hydrogen-bond donors (Lipinski definition) is 1. The number of sulfonamides is 1. The van der Waals surface area contributed by atoms with Crippen molar-refractivity contribution in [2.24, 2.45) is 0 Å². The summed E-state index contributed by atoms with van der Waals surface area (Å²) in [6.07, 6.45) is 3.29. The highest BCUT2D eigenvalue weighted by atomic mass is 79.9. The van der Waals surface area contributed by atoms with Crippen molar-refractivity contribution in [2.75, 3.05) is 12.8 Å². The SMILES string of the molecule is CC(c1ccncc1)N(C)S(=O)(=O)c1ccc(N)cc1Br. The van der Waals surface area contributed by atoms with Crippen molar-refractivity contribution in [1.29, 1.82) is 0 Å². The number of nitrogen functional groups attached to an aromatic ring is 1. The fraction of sp³-hybridized carbons (Fsp3) is 0.214.